The predicted octanol–water partition coefficient (Wildman–Crippen LogP) is 4.26. The molecule has 0 unspecified atom stereocenters. The Morgan fingerprint density at radius 3 is 2.52 bits per heavy atom. The fraction of sp³-hybridized carbons (Fsp3) is 0.150. The molecule has 27 heavy (non-hydrogen) atoms. The Balaban J connectivity index is 1.58. The summed E-state index contributed by atoms with van der Waals surface area (Å²) in [6, 6.07) is 12.6. The molecular formula is C20H15F2N3O2. The van der Waals surface area contributed by atoms with Gasteiger partial charge in [-0.05, 0) is 29.8 Å². The summed E-state index contributed by atoms with van der Waals surface area (Å²) in [5.74, 6) is -1.54. The number of nitrogens with zero attached hydrogens (tertiary/aromatic N) is 2. The highest BCUT2D eigenvalue weighted by Gasteiger charge is 2.16. The van der Waals surface area contributed by atoms with Crippen molar-refractivity contribution in [2.24, 2.45) is 0 Å². The van der Waals surface area contributed by atoms with Crippen molar-refractivity contribution < 1.29 is 18.0 Å². The lowest BCUT2D eigenvalue weighted by Crippen LogP contribution is -2.12. The van der Waals surface area contributed by atoms with E-state index in [0.29, 0.717) is 12.1 Å². The first-order chi connectivity index (χ1) is 13.1. The van der Waals surface area contributed by atoms with Crippen LogP contribution >= 0.6 is 0 Å². The molecular weight excluding hydrogens is 352 g/mol. The van der Waals surface area contributed by atoms with Crippen LogP contribution in [0.1, 0.15) is 17.9 Å². The third-order valence-corrected chi connectivity index (χ3v) is 3.85. The van der Waals surface area contributed by atoms with E-state index in [1.807, 2.05) is 0 Å². The van der Waals surface area contributed by atoms with E-state index in [9.17, 15) is 13.6 Å². The first kappa shape index (κ1) is 18.3. The van der Waals surface area contributed by atoms with Crippen LogP contribution in [-0.2, 0) is 17.6 Å². The highest BCUT2D eigenvalue weighted by Crippen LogP contribution is 2.26. The number of benzene rings is 2. The van der Waals surface area contributed by atoms with Crippen molar-refractivity contribution in [3.05, 3.63) is 71.8 Å². The summed E-state index contributed by atoms with van der Waals surface area (Å²) in [4.78, 5) is 16.0. The van der Waals surface area contributed by atoms with E-state index < -0.39 is 11.6 Å². The molecule has 0 aliphatic rings. The molecule has 0 atom stereocenters. The number of oxazole rings is 1. The summed E-state index contributed by atoms with van der Waals surface area (Å²) < 4.78 is 32.9. The number of anilines is 1. The molecule has 0 aliphatic carbocycles. The second kappa shape index (κ2) is 8.23. The number of aryl methyl sites for hydroxylation is 1. The standard InChI is InChI=1S/C20H15F2N3O2/c21-15-2-1-3-16(22)20(15)17-12-24-19(27-17)9-8-18(26)25-14-6-4-13(5-7-14)10-11-23/h1-7,12H,8-10H2,(H,25,26). The zero-order valence-electron chi connectivity index (χ0n) is 14.2. The minimum Gasteiger partial charge on any atom is -0.441 e. The van der Waals surface area contributed by atoms with Crippen LogP contribution in [0.3, 0.4) is 0 Å². The quantitative estimate of drug-likeness (QED) is 0.706. The van der Waals surface area contributed by atoms with Gasteiger partial charge in [-0.15, -0.1) is 0 Å². The molecule has 0 bridgehead atoms. The van der Waals surface area contributed by atoms with Crippen LogP contribution in [-0.4, -0.2) is 10.9 Å². The molecule has 5 nitrogen and oxygen atoms in total. The van der Waals surface area contributed by atoms with Gasteiger partial charge in [0.1, 0.15) is 11.6 Å². The lowest BCUT2D eigenvalue weighted by atomic mass is 10.1. The summed E-state index contributed by atoms with van der Waals surface area (Å²) in [5, 5.41) is 11.4. The van der Waals surface area contributed by atoms with Crippen LogP contribution in [0, 0.1) is 23.0 Å². The van der Waals surface area contributed by atoms with E-state index in [1.54, 1.807) is 24.3 Å². The number of halogens is 2. The molecule has 1 amide bonds. The van der Waals surface area contributed by atoms with E-state index in [4.69, 9.17) is 9.68 Å². The summed E-state index contributed by atoms with van der Waals surface area (Å²) >= 11 is 0. The first-order valence-electron chi connectivity index (χ1n) is 8.21. The number of rotatable bonds is 6. The Hall–Kier alpha value is -3.53. The van der Waals surface area contributed by atoms with Crippen molar-refractivity contribution in [2.45, 2.75) is 19.3 Å². The second-order valence-corrected chi connectivity index (χ2v) is 5.79. The van der Waals surface area contributed by atoms with Crippen molar-refractivity contribution in [3.8, 4) is 17.4 Å². The van der Waals surface area contributed by atoms with Gasteiger partial charge in [-0.2, -0.15) is 5.26 Å². The molecule has 0 aliphatic heterocycles. The molecule has 3 rings (SSSR count). The van der Waals surface area contributed by atoms with E-state index in [-0.39, 0.29) is 36.0 Å². The Bertz CT molecular complexity index is 971. The molecule has 7 heteroatoms. The number of nitriles is 1. The van der Waals surface area contributed by atoms with Crippen LogP contribution in [0.2, 0.25) is 0 Å². The third kappa shape index (κ3) is 4.55. The number of amides is 1. The molecule has 0 saturated carbocycles. The van der Waals surface area contributed by atoms with Crippen molar-refractivity contribution in [1.29, 1.82) is 5.26 Å². The van der Waals surface area contributed by atoms with Gasteiger partial charge >= 0.3 is 0 Å². The summed E-state index contributed by atoms with van der Waals surface area (Å²) in [6.07, 6.45) is 1.83. The van der Waals surface area contributed by atoms with Crippen molar-refractivity contribution in [2.75, 3.05) is 5.32 Å². The topological polar surface area (TPSA) is 78.9 Å². The van der Waals surface area contributed by atoms with Gasteiger partial charge in [0.2, 0.25) is 5.91 Å². The van der Waals surface area contributed by atoms with Gasteiger partial charge in [0.05, 0.1) is 24.3 Å². The third-order valence-electron chi connectivity index (χ3n) is 3.85. The number of hydrogen-bond donors (Lipinski definition) is 1. The maximum Gasteiger partial charge on any atom is 0.224 e. The lowest BCUT2D eigenvalue weighted by molar-refractivity contribution is -0.116. The van der Waals surface area contributed by atoms with Crippen LogP contribution in [0.25, 0.3) is 11.3 Å². The molecule has 3 aromatic rings. The average molecular weight is 367 g/mol. The normalized spacial score (nSPS) is 10.4. The van der Waals surface area contributed by atoms with E-state index in [0.717, 1.165) is 17.7 Å². The molecule has 136 valence electrons. The van der Waals surface area contributed by atoms with Gasteiger partial charge in [-0.1, -0.05) is 18.2 Å². The minimum atomic E-state index is -0.740. The van der Waals surface area contributed by atoms with Crippen LogP contribution in [0.5, 0.6) is 0 Å². The summed E-state index contributed by atoms with van der Waals surface area (Å²) in [6.45, 7) is 0. The van der Waals surface area contributed by atoms with Crippen molar-refractivity contribution >= 4 is 11.6 Å². The van der Waals surface area contributed by atoms with Gasteiger partial charge in [-0.25, -0.2) is 13.8 Å². The zero-order chi connectivity index (χ0) is 19.2. The highest BCUT2D eigenvalue weighted by atomic mass is 19.1. The maximum atomic E-state index is 13.8. The summed E-state index contributed by atoms with van der Waals surface area (Å²) in [7, 11) is 0. The van der Waals surface area contributed by atoms with Gasteiger partial charge in [-0.3, -0.25) is 4.79 Å². The minimum absolute atomic E-state index is 0.0194. The fourth-order valence-corrected chi connectivity index (χ4v) is 2.52. The maximum absolute atomic E-state index is 13.8. The molecule has 0 fully saturated rings. The predicted molar refractivity (Wildman–Crippen MR) is 94.6 cm³/mol. The fourth-order valence-electron chi connectivity index (χ4n) is 2.52. The van der Waals surface area contributed by atoms with Crippen LogP contribution in [0.15, 0.2) is 53.1 Å². The van der Waals surface area contributed by atoms with Gasteiger partial charge in [0, 0.05) is 18.5 Å². The number of nitrogens with one attached hydrogen (secondary N) is 1. The number of carbonyl (C=O) groups excluding carboxylic acids is 1. The van der Waals surface area contributed by atoms with E-state index in [2.05, 4.69) is 16.4 Å². The first-order valence-corrected chi connectivity index (χ1v) is 8.21. The largest absolute Gasteiger partial charge is 0.441 e. The molecule has 0 spiro atoms. The molecule has 0 saturated heterocycles. The monoisotopic (exact) mass is 367 g/mol. The Labute approximate surface area is 154 Å². The van der Waals surface area contributed by atoms with E-state index >= 15 is 0 Å². The Morgan fingerprint density at radius 2 is 1.85 bits per heavy atom. The Kier molecular flexibility index (Phi) is 5.57. The smallest absolute Gasteiger partial charge is 0.224 e. The number of hydrogen-bond acceptors (Lipinski definition) is 4. The van der Waals surface area contributed by atoms with Crippen LogP contribution in [0.4, 0.5) is 14.5 Å². The lowest BCUT2D eigenvalue weighted by Gasteiger charge is -2.05. The van der Waals surface area contributed by atoms with Crippen LogP contribution < -0.4 is 5.32 Å². The Morgan fingerprint density at radius 1 is 1.15 bits per heavy atom. The SMILES string of the molecule is N#CCc1ccc(NC(=O)CCc2ncc(-c3c(F)cccc3F)o2)cc1. The number of aromatic nitrogens is 1. The van der Waals surface area contributed by atoms with Gasteiger partial charge < -0.3 is 9.73 Å². The highest BCUT2D eigenvalue weighted by molar-refractivity contribution is 5.90. The van der Waals surface area contributed by atoms with E-state index in [1.165, 1.54) is 12.3 Å². The zero-order valence-corrected chi connectivity index (χ0v) is 14.2. The van der Waals surface area contributed by atoms with Crippen molar-refractivity contribution in [1.82, 2.24) is 4.98 Å². The summed E-state index contributed by atoms with van der Waals surface area (Å²) in [5.41, 5.74) is 1.20. The molecule has 2 aromatic carbocycles. The molecule has 1 N–H and O–H groups in total. The van der Waals surface area contributed by atoms with Gasteiger partial charge in [0.15, 0.2) is 11.7 Å². The molecule has 0 radical (unpaired) electrons. The average Bonchev–Trinajstić information content (AvgIpc) is 3.10. The van der Waals surface area contributed by atoms with Gasteiger partial charge in [0.25, 0.3) is 0 Å². The second-order valence-electron chi connectivity index (χ2n) is 5.79. The molecule has 1 aromatic heterocycles. The molecule has 1 heterocycles. The van der Waals surface area contributed by atoms with Crippen molar-refractivity contribution in [3.63, 3.8) is 0 Å². The number of carbonyl (C=O) groups is 1.